The van der Waals surface area contributed by atoms with Gasteiger partial charge in [-0.25, -0.2) is 4.98 Å². The van der Waals surface area contributed by atoms with E-state index < -0.39 is 0 Å². The summed E-state index contributed by atoms with van der Waals surface area (Å²) in [5.41, 5.74) is 0.685. The molecule has 3 rings (SSSR count). The summed E-state index contributed by atoms with van der Waals surface area (Å²) >= 11 is 1.57. The fourth-order valence-corrected chi connectivity index (χ4v) is 2.64. The van der Waals surface area contributed by atoms with Crippen molar-refractivity contribution in [1.82, 2.24) is 4.98 Å². The number of anilines is 2. The van der Waals surface area contributed by atoms with Crippen LogP contribution in [-0.4, -0.2) is 10.9 Å². The predicted octanol–water partition coefficient (Wildman–Crippen LogP) is 3.53. The molecule has 0 bridgehead atoms. The van der Waals surface area contributed by atoms with E-state index in [1.807, 2.05) is 41.8 Å². The zero-order valence-electron chi connectivity index (χ0n) is 11.8. The summed E-state index contributed by atoms with van der Waals surface area (Å²) in [5.74, 6) is 1.53. The number of furan rings is 1. The van der Waals surface area contributed by atoms with Gasteiger partial charge < -0.3 is 15.1 Å². The molecule has 0 spiro atoms. The highest BCUT2D eigenvalue weighted by Crippen LogP contribution is 2.13. The first-order valence-electron chi connectivity index (χ1n) is 6.84. The number of amides is 1. The lowest BCUT2D eigenvalue weighted by atomic mass is 10.3. The van der Waals surface area contributed by atoms with Crippen molar-refractivity contribution >= 4 is 28.7 Å². The lowest BCUT2D eigenvalue weighted by molar-refractivity contribution is -0.115. The van der Waals surface area contributed by atoms with Crippen LogP contribution in [0.15, 0.2) is 58.7 Å². The second-order valence-corrected chi connectivity index (χ2v) is 5.70. The van der Waals surface area contributed by atoms with Crippen molar-refractivity contribution in [1.29, 1.82) is 0 Å². The maximum absolute atomic E-state index is 11.9. The van der Waals surface area contributed by atoms with Gasteiger partial charge in [0.2, 0.25) is 5.91 Å². The molecule has 0 aliphatic carbocycles. The van der Waals surface area contributed by atoms with Gasteiger partial charge in [-0.05, 0) is 35.7 Å². The third-order valence-corrected chi connectivity index (χ3v) is 3.86. The summed E-state index contributed by atoms with van der Waals surface area (Å²) in [6.07, 6.45) is 3.66. The van der Waals surface area contributed by atoms with Gasteiger partial charge in [0.15, 0.2) is 0 Å². The molecule has 6 heteroatoms. The van der Waals surface area contributed by atoms with E-state index in [1.165, 1.54) is 0 Å². The van der Waals surface area contributed by atoms with Crippen LogP contribution < -0.4 is 10.6 Å². The second kappa shape index (κ2) is 6.91. The van der Waals surface area contributed by atoms with E-state index in [9.17, 15) is 4.79 Å². The molecule has 5 nitrogen and oxygen atoms in total. The highest BCUT2D eigenvalue weighted by molar-refractivity contribution is 7.10. The number of carbonyl (C=O) groups excluding carboxylic acids is 1. The SMILES string of the molecule is O=C(Cc1cccs1)Nc1ccc(NCc2ccco2)nc1. The molecule has 0 radical (unpaired) electrons. The zero-order chi connectivity index (χ0) is 15.2. The molecular weight excluding hydrogens is 298 g/mol. The van der Waals surface area contributed by atoms with Crippen molar-refractivity contribution in [2.24, 2.45) is 0 Å². The topological polar surface area (TPSA) is 67.2 Å². The highest BCUT2D eigenvalue weighted by atomic mass is 32.1. The molecular formula is C16H15N3O2S. The Morgan fingerprint density at radius 2 is 2.18 bits per heavy atom. The van der Waals surface area contributed by atoms with Gasteiger partial charge in [0.05, 0.1) is 31.1 Å². The molecule has 0 aliphatic heterocycles. The third-order valence-electron chi connectivity index (χ3n) is 2.99. The monoisotopic (exact) mass is 313 g/mol. The molecule has 0 unspecified atom stereocenters. The lowest BCUT2D eigenvalue weighted by Gasteiger charge is -2.06. The summed E-state index contributed by atoms with van der Waals surface area (Å²) in [5, 5.41) is 7.95. The van der Waals surface area contributed by atoms with E-state index >= 15 is 0 Å². The molecule has 1 amide bonds. The lowest BCUT2D eigenvalue weighted by Crippen LogP contribution is -2.14. The largest absolute Gasteiger partial charge is 0.467 e. The van der Waals surface area contributed by atoms with Crippen LogP contribution in [0.5, 0.6) is 0 Å². The summed E-state index contributed by atoms with van der Waals surface area (Å²) < 4.78 is 5.24. The van der Waals surface area contributed by atoms with Crippen molar-refractivity contribution in [2.45, 2.75) is 13.0 Å². The number of nitrogens with one attached hydrogen (secondary N) is 2. The maximum Gasteiger partial charge on any atom is 0.229 e. The molecule has 0 atom stereocenters. The van der Waals surface area contributed by atoms with E-state index in [1.54, 1.807) is 23.8 Å². The van der Waals surface area contributed by atoms with Crippen LogP contribution in [0.1, 0.15) is 10.6 Å². The van der Waals surface area contributed by atoms with E-state index in [0.29, 0.717) is 18.7 Å². The molecule has 0 saturated carbocycles. The quantitative estimate of drug-likeness (QED) is 0.730. The van der Waals surface area contributed by atoms with Gasteiger partial charge in [0.1, 0.15) is 11.6 Å². The van der Waals surface area contributed by atoms with Crippen molar-refractivity contribution in [3.05, 3.63) is 64.9 Å². The molecule has 0 aliphatic rings. The molecule has 0 fully saturated rings. The van der Waals surface area contributed by atoms with Crippen LogP contribution >= 0.6 is 11.3 Å². The molecule has 112 valence electrons. The van der Waals surface area contributed by atoms with E-state index in [-0.39, 0.29) is 5.91 Å². The number of carbonyl (C=O) groups is 1. The standard InChI is InChI=1S/C16H15N3O2S/c20-16(9-14-4-2-8-22-14)19-12-5-6-15(17-10-12)18-11-13-3-1-7-21-13/h1-8,10H,9,11H2,(H,17,18)(H,19,20). The summed E-state index contributed by atoms with van der Waals surface area (Å²) in [7, 11) is 0. The molecule has 3 aromatic heterocycles. The minimum atomic E-state index is -0.0412. The predicted molar refractivity (Wildman–Crippen MR) is 86.9 cm³/mol. The van der Waals surface area contributed by atoms with Crippen molar-refractivity contribution in [2.75, 3.05) is 10.6 Å². The number of thiophene rings is 1. The first-order valence-corrected chi connectivity index (χ1v) is 7.72. The average Bonchev–Trinajstić information content (AvgIpc) is 3.20. The van der Waals surface area contributed by atoms with E-state index in [2.05, 4.69) is 15.6 Å². The summed E-state index contributed by atoms with van der Waals surface area (Å²) in [6.45, 7) is 0.573. The van der Waals surface area contributed by atoms with Crippen LogP contribution in [0.3, 0.4) is 0 Å². The fraction of sp³-hybridized carbons (Fsp3) is 0.125. The van der Waals surface area contributed by atoms with Crippen LogP contribution in [-0.2, 0) is 17.8 Å². The molecule has 2 N–H and O–H groups in total. The first kappa shape index (κ1) is 14.3. The van der Waals surface area contributed by atoms with Gasteiger partial charge >= 0.3 is 0 Å². The van der Waals surface area contributed by atoms with Crippen LogP contribution in [0, 0.1) is 0 Å². The molecule has 22 heavy (non-hydrogen) atoms. The smallest absolute Gasteiger partial charge is 0.229 e. The number of nitrogens with zero attached hydrogens (tertiary/aromatic N) is 1. The van der Waals surface area contributed by atoms with Gasteiger partial charge in [-0.2, -0.15) is 0 Å². The van der Waals surface area contributed by atoms with E-state index in [0.717, 1.165) is 16.5 Å². The summed E-state index contributed by atoms with van der Waals surface area (Å²) in [6, 6.07) is 11.3. The van der Waals surface area contributed by atoms with Crippen molar-refractivity contribution in [3.8, 4) is 0 Å². The third kappa shape index (κ3) is 3.95. The summed E-state index contributed by atoms with van der Waals surface area (Å²) in [4.78, 5) is 17.2. The molecule has 3 aromatic rings. The first-order chi connectivity index (χ1) is 10.8. The van der Waals surface area contributed by atoms with Crippen molar-refractivity contribution < 1.29 is 9.21 Å². The number of rotatable bonds is 6. The highest BCUT2D eigenvalue weighted by Gasteiger charge is 2.05. The normalized spacial score (nSPS) is 10.4. The van der Waals surface area contributed by atoms with Gasteiger partial charge in [0.25, 0.3) is 0 Å². The van der Waals surface area contributed by atoms with Gasteiger partial charge in [0, 0.05) is 4.88 Å². The van der Waals surface area contributed by atoms with E-state index in [4.69, 9.17) is 4.42 Å². The van der Waals surface area contributed by atoms with Gasteiger partial charge in [-0.3, -0.25) is 4.79 Å². The maximum atomic E-state index is 11.9. The Morgan fingerprint density at radius 1 is 1.23 bits per heavy atom. The average molecular weight is 313 g/mol. The Hall–Kier alpha value is -2.60. The minimum Gasteiger partial charge on any atom is -0.467 e. The Labute approximate surface area is 132 Å². The molecule has 0 aromatic carbocycles. The zero-order valence-corrected chi connectivity index (χ0v) is 12.6. The molecule has 3 heterocycles. The van der Waals surface area contributed by atoms with Crippen LogP contribution in [0.25, 0.3) is 0 Å². The number of pyridine rings is 1. The van der Waals surface area contributed by atoms with Gasteiger partial charge in [-0.1, -0.05) is 6.07 Å². The number of aromatic nitrogens is 1. The van der Waals surface area contributed by atoms with Gasteiger partial charge in [-0.15, -0.1) is 11.3 Å². The molecule has 0 saturated heterocycles. The Balaban J connectivity index is 1.51. The Morgan fingerprint density at radius 3 is 2.86 bits per heavy atom. The number of hydrogen-bond acceptors (Lipinski definition) is 5. The second-order valence-electron chi connectivity index (χ2n) is 4.67. The fourth-order valence-electron chi connectivity index (χ4n) is 1.94. The number of hydrogen-bond donors (Lipinski definition) is 2. The van der Waals surface area contributed by atoms with Crippen LogP contribution in [0.4, 0.5) is 11.5 Å². The Kier molecular flexibility index (Phi) is 4.50. The van der Waals surface area contributed by atoms with Crippen LogP contribution in [0.2, 0.25) is 0 Å². The minimum absolute atomic E-state index is 0.0412. The van der Waals surface area contributed by atoms with Crippen molar-refractivity contribution in [3.63, 3.8) is 0 Å². The Bertz CT molecular complexity index is 706.